The molecule has 1 N–H and O–H groups in total. The molecule has 5 nitrogen and oxygen atoms in total. The minimum Gasteiger partial charge on any atom is -0.457 e. The fraction of sp³-hybridized carbons (Fsp3) is 0. The maximum absolute atomic E-state index is 13.0. The van der Waals surface area contributed by atoms with Crippen LogP contribution in [0.5, 0.6) is 0 Å². The van der Waals surface area contributed by atoms with Gasteiger partial charge in [0.2, 0.25) is 0 Å². The highest BCUT2D eigenvalue weighted by Crippen LogP contribution is 2.25. The Balaban J connectivity index is 1.61. The zero-order valence-electron chi connectivity index (χ0n) is 13.5. The van der Waals surface area contributed by atoms with Gasteiger partial charge in [0.25, 0.3) is 11.8 Å². The summed E-state index contributed by atoms with van der Waals surface area (Å²) in [5.74, 6) is -0.420. The largest absolute Gasteiger partial charge is 0.457 e. The van der Waals surface area contributed by atoms with E-state index in [4.69, 9.17) is 4.42 Å². The maximum Gasteiger partial charge on any atom is 0.282 e. The van der Waals surface area contributed by atoms with Gasteiger partial charge in [-0.25, -0.2) is 9.40 Å². The molecule has 6 heteroatoms. The van der Waals surface area contributed by atoms with Crippen molar-refractivity contribution in [3.63, 3.8) is 0 Å². The van der Waals surface area contributed by atoms with Crippen LogP contribution in [-0.2, 0) is 9.59 Å². The van der Waals surface area contributed by atoms with Gasteiger partial charge in [0.1, 0.15) is 22.9 Å². The van der Waals surface area contributed by atoms with E-state index in [0.717, 1.165) is 0 Å². The molecule has 4 rings (SSSR count). The quantitative estimate of drug-likeness (QED) is 0.582. The molecule has 0 spiro atoms. The Morgan fingerprint density at radius 1 is 0.923 bits per heavy atom. The number of anilines is 1. The van der Waals surface area contributed by atoms with E-state index in [2.05, 4.69) is 5.43 Å². The summed E-state index contributed by atoms with van der Waals surface area (Å²) < 4.78 is 18.7. The van der Waals surface area contributed by atoms with Crippen molar-refractivity contribution in [2.45, 2.75) is 0 Å². The second kappa shape index (κ2) is 6.33. The highest BCUT2D eigenvalue weighted by Gasteiger charge is 2.34. The van der Waals surface area contributed by atoms with Gasteiger partial charge in [0.05, 0.1) is 5.69 Å². The molecule has 128 valence electrons. The number of hydrogen-bond donors (Lipinski definition) is 1. The molecule has 3 aromatic rings. The number of hydrogen-bond acceptors (Lipinski definition) is 3. The lowest BCUT2D eigenvalue weighted by molar-refractivity contribution is -0.117. The van der Waals surface area contributed by atoms with Crippen LogP contribution in [0.2, 0.25) is 0 Å². The van der Waals surface area contributed by atoms with Gasteiger partial charge in [-0.15, -0.1) is 0 Å². The van der Waals surface area contributed by atoms with Crippen molar-refractivity contribution in [1.29, 1.82) is 0 Å². The number of nitrogens with zero attached hydrogens (tertiary/aromatic N) is 1. The number of nitrogens with one attached hydrogen (secondary N) is 1. The third-order valence-electron chi connectivity index (χ3n) is 3.95. The Morgan fingerprint density at radius 2 is 1.65 bits per heavy atom. The molecule has 2 amide bonds. The molecule has 0 saturated carbocycles. The van der Waals surface area contributed by atoms with Crippen LogP contribution >= 0.6 is 0 Å². The molecule has 1 saturated heterocycles. The average molecular weight is 348 g/mol. The second-order valence-corrected chi connectivity index (χ2v) is 5.68. The predicted molar refractivity (Wildman–Crippen MR) is 94.1 cm³/mol. The summed E-state index contributed by atoms with van der Waals surface area (Å²) in [6, 6.07) is 18.0. The number of amides is 2. The topological polar surface area (TPSA) is 62.6 Å². The van der Waals surface area contributed by atoms with Crippen LogP contribution in [0.25, 0.3) is 17.4 Å². The molecule has 26 heavy (non-hydrogen) atoms. The van der Waals surface area contributed by atoms with Gasteiger partial charge < -0.3 is 4.42 Å². The molecule has 0 unspecified atom stereocenters. The van der Waals surface area contributed by atoms with Crippen molar-refractivity contribution in [1.82, 2.24) is 5.43 Å². The molecule has 0 atom stereocenters. The maximum atomic E-state index is 13.0. The second-order valence-electron chi connectivity index (χ2n) is 5.68. The lowest BCUT2D eigenvalue weighted by Crippen LogP contribution is -2.35. The SMILES string of the molecule is O=C1NN(c2ccccc2)C(=O)/C1=C\c1ccc(-c2ccc(F)cc2)o1. The molecule has 2 aromatic carbocycles. The number of para-hydroxylation sites is 1. The fourth-order valence-corrected chi connectivity index (χ4v) is 2.66. The van der Waals surface area contributed by atoms with E-state index in [-0.39, 0.29) is 11.4 Å². The number of halogens is 1. The van der Waals surface area contributed by atoms with Crippen LogP contribution in [-0.4, -0.2) is 11.8 Å². The number of carbonyl (C=O) groups is 2. The molecule has 0 bridgehead atoms. The van der Waals surface area contributed by atoms with Gasteiger partial charge in [0, 0.05) is 5.56 Å². The van der Waals surface area contributed by atoms with E-state index in [1.54, 1.807) is 48.5 Å². The Bertz CT molecular complexity index is 1010. The van der Waals surface area contributed by atoms with E-state index in [9.17, 15) is 14.0 Å². The van der Waals surface area contributed by atoms with Crippen molar-refractivity contribution in [3.05, 3.63) is 83.9 Å². The Kier molecular flexibility index (Phi) is 3.85. The summed E-state index contributed by atoms with van der Waals surface area (Å²) in [6.07, 6.45) is 1.40. The van der Waals surface area contributed by atoms with Crippen molar-refractivity contribution >= 4 is 23.6 Å². The normalized spacial score (nSPS) is 15.6. The molecular formula is C20H13FN2O3. The van der Waals surface area contributed by atoms with Crippen LogP contribution in [0.1, 0.15) is 5.76 Å². The van der Waals surface area contributed by atoms with Crippen molar-refractivity contribution in [2.24, 2.45) is 0 Å². The molecule has 1 aliphatic heterocycles. The highest BCUT2D eigenvalue weighted by atomic mass is 19.1. The number of carbonyl (C=O) groups excluding carboxylic acids is 2. The van der Waals surface area contributed by atoms with Gasteiger partial charge in [-0.3, -0.25) is 15.0 Å². The Morgan fingerprint density at radius 3 is 2.38 bits per heavy atom. The lowest BCUT2D eigenvalue weighted by atomic mass is 10.2. The van der Waals surface area contributed by atoms with Crippen LogP contribution in [0, 0.1) is 5.82 Å². The van der Waals surface area contributed by atoms with Gasteiger partial charge in [-0.2, -0.15) is 0 Å². The molecule has 1 aliphatic rings. The number of benzene rings is 2. The Labute approximate surface area is 148 Å². The fourth-order valence-electron chi connectivity index (χ4n) is 2.66. The van der Waals surface area contributed by atoms with Gasteiger partial charge in [-0.05, 0) is 54.6 Å². The first kappa shape index (κ1) is 15.8. The summed E-state index contributed by atoms with van der Waals surface area (Å²) in [4.78, 5) is 24.7. The molecular weight excluding hydrogens is 335 g/mol. The number of furan rings is 1. The zero-order chi connectivity index (χ0) is 18.1. The number of rotatable bonds is 3. The standard InChI is InChI=1S/C20H13FN2O3/c21-14-8-6-13(7-9-14)18-11-10-16(26-18)12-17-19(24)22-23(20(17)25)15-4-2-1-3-5-15/h1-12H,(H,22,24)/b17-12-. The average Bonchev–Trinajstić information content (AvgIpc) is 3.23. The van der Waals surface area contributed by atoms with Gasteiger partial charge in [0.15, 0.2) is 0 Å². The third kappa shape index (κ3) is 2.88. The molecule has 1 fully saturated rings. The van der Waals surface area contributed by atoms with Crippen molar-refractivity contribution in [3.8, 4) is 11.3 Å². The Hall–Kier alpha value is -3.67. The van der Waals surface area contributed by atoms with E-state index < -0.39 is 11.8 Å². The summed E-state index contributed by atoms with van der Waals surface area (Å²) >= 11 is 0. The monoisotopic (exact) mass is 348 g/mol. The van der Waals surface area contributed by atoms with E-state index in [1.165, 1.54) is 23.2 Å². The number of hydrazine groups is 1. The first-order valence-corrected chi connectivity index (χ1v) is 7.90. The first-order valence-electron chi connectivity index (χ1n) is 7.90. The van der Waals surface area contributed by atoms with Crippen LogP contribution in [0.15, 0.2) is 76.7 Å². The zero-order valence-corrected chi connectivity index (χ0v) is 13.5. The van der Waals surface area contributed by atoms with Gasteiger partial charge >= 0.3 is 0 Å². The van der Waals surface area contributed by atoms with E-state index >= 15 is 0 Å². The molecule has 1 aromatic heterocycles. The van der Waals surface area contributed by atoms with Crippen LogP contribution < -0.4 is 10.4 Å². The van der Waals surface area contributed by atoms with Crippen molar-refractivity contribution < 1.29 is 18.4 Å². The molecule has 2 heterocycles. The minimum absolute atomic E-state index is 0.0196. The predicted octanol–water partition coefficient (Wildman–Crippen LogP) is 3.55. The van der Waals surface area contributed by atoms with Gasteiger partial charge in [-0.1, -0.05) is 18.2 Å². The van der Waals surface area contributed by atoms with Crippen LogP contribution in [0.3, 0.4) is 0 Å². The summed E-state index contributed by atoms with van der Waals surface area (Å²) in [5, 5.41) is 1.19. The first-order chi connectivity index (χ1) is 12.6. The van der Waals surface area contributed by atoms with E-state index in [1.807, 2.05) is 6.07 Å². The summed E-state index contributed by atoms with van der Waals surface area (Å²) in [6.45, 7) is 0. The third-order valence-corrected chi connectivity index (χ3v) is 3.95. The summed E-state index contributed by atoms with van der Waals surface area (Å²) in [7, 11) is 0. The highest BCUT2D eigenvalue weighted by molar-refractivity contribution is 6.31. The smallest absolute Gasteiger partial charge is 0.282 e. The summed E-state index contributed by atoms with van der Waals surface area (Å²) in [5.41, 5.74) is 3.78. The molecule has 0 aliphatic carbocycles. The van der Waals surface area contributed by atoms with Crippen molar-refractivity contribution in [2.75, 3.05) is 5.01 Å². The van der Waals surface area contributed by atoms with Crippen LogP contribution in [0.4, 0.5) is 10.1 Å². The minimum atomic E-state index is -0.501. The lowest BCUT2D eigenvalue weighted by Gasteiger charge is -2.13. The van der Waals surface area contributed by atoms with E-state index in [0.29, 0.717) is 22.8 Å². The molecule has 0 radical (unpaired) electrons.